The fourth-order valence-electron chi connectivity index (χ4n) is 2.57. The molecule has 1 unspecified atom stereocenters. The second-order valence-electron chi connectivity index (χ2n) is 5.00. The third kappa shape index (κ3) is 2.78. The lowest BCUT2D eigenvalue weighted by Gasteiger charge is -2.29. The Kier molecular flexibility index (Phi) is 3.92. The first kappa shape index (κ1) is 14.1. The smallest absolute Gasteiger partial charge is 0.327 e. The second-order valence-corrected chi connectivity index (χ2v) is 6.00. The van der Waals surface area contributed by atoms with E-state index in [0.717, 1.165) is 11.3 Å². The van der Waals surface area contributed by atoms with Crippen LogP contribution >= 0.6 is 11.8 Å². The van der Waals surface area contributed by atoms with Crippen LogP contribution in [0.15, 0.2) is 24.3 Å². The van der Waals surface area contributed by atoms with Crippen molar-refractivity contribution in [2.24, 2.45) is 0 Å². The summed E-state index contributed by atoms with van der Waals surface area (Å²) in [6.07, 6.45) is 0.682. The molecule has 0 saturated carbocycles. The van der Waals surface area contributed by atoms with Crippen molar-refractivity contribution in [1.82, 2.24) is 10.2 Å². The monoisotopic (exact) mass is 308 g/mol. The standard InChI is InChI=1S/C14H16N2O4S/c17-13(18)11-7-21-8-16(11)14(19)15-10-5-6-20-12-4-2-1-3-9(10)12/h1-4,10-11H,5-8H2,(H,15,19)(H,17,18)/t10?,11-/m0/s1. The van der Waals surface area contributed by atoms with Crippen LogP contribution < -0.4 is 10.1 Å². The van der Waals surface area contributed by atoms with Crippen molar-refractivity contribution in [2.45, 2.75) is 18.5 Å². The Hall–Kier alpha value is -1.89. The van der Waals surface area contributed by atoms with Gasteiger partial charge in [-0.1, -0.05) is 18.2 Å². The first-order valence-electron chi connectivity index (χ1n) is 6.76. The summed E-state index contributed by atoms with van der Waals surface area (Å²) in [6, 6.07) is 6.38. The normalized spacial score (nSPS) is 24.1. The Morgan fingerprint density at radius 1 is 1.38 bits per heavy atom. The summed E-state index contributed by atoms with van der Waals surface area (Å²) in [6.45, 7) is 0.541. The van der Waals surface area contributed by atoms with Gasteiger partial charge >= 0.3 is 12.0 Å². The number of hydrogen-bond acceptors (Lipinski definition) is 4. The number of ether oxygens (including phenoxy) is 1. The van der Waals surface area contributed by atoms with E-state index in [2.05, 4.69) is 5.32 Å². The van der Waals surface area contributed by atoms with Gasteiger partial charge in [0.25, 0.3) is 0 Å². The topological polar surface area (TPSA) is 78.9 Å². The number of carbonyl (C=O) groups excluding carboxylic acids is 1. The summed E-state index contributed by atoms with van der Waals surface area (Å²) in [5, 5.41) is 12.1. The third-order valence-electron chi connectivity index (χ3n) is 3.68. The summed E-state index contributed by atoms with van der Waals surface area (Å²) in [5.41, 5.74) is 0.941. The molecule has 2 amide bonds. The molecule has 7 heteroatoms. The number of carboxylic acid groups (broad SMARTS) is 1. The van der Waals surface area contributed by atoms with Crippen molar-refractivity contribution in [1.29, 1.82) is 0 Å². The highest BCUT2D eigenvalue weighted by Gasteiger charge is 2.36. The fourth-order valence-corrected chi connectivity index (χ4v) is 3.72. The zero-order valence-electron chi connectivity index (χ0n) is 11.3. The molecule has 6 nitrogen and oxygen atoms in total. The van der Waals surface area contributed by atoms with Crippen LogP contribution in [0.1, 0.15) is 18.0 Å². The fraction of sp³-hybridized carbons (Fsp3) is 0.429. The molecule has 21 heavy (non-hydrogen) atoms. The SMILES string of the molecule is O=C(O)[C@@H]1CSCN1C(=O)NC1CCOc2ccccc21. The van der Waals surface area contributed by atoms with Gasteiger partial charge in [0, 0.05) is 17.7 Å². The molecule has 1 saturated heterocycles. The number of para-hydroxylation sites is 1. The largest absolute Gasteiger partial charge is 0.493 e. The van der Waals surface area contributed by atoms with Crippen LogP contribution in [0.5, 0.6) is 5.75 Å². The lowest BCUT2D eigenvalue weighted by Crippen LogP contribution is -2.48. The highest BCUT2D eigenvalue weighted by molar-refractivity contribution is 7.99. The number of amides is 2. The maximum atomic E-state index is 12.3. The highest BCUT2D eigenvalue weighted by Crippen LogP contribution is 2.32. The summed E-state index contributed by atoms with van der Waals surface area (Å²) < 4.78 is 5.56. The van der Waals surface area contributed by atoms with Crippen LogP contribution in [0.3, 0.4) is 0 Å². The molecule has 2 heterocycles. The Bertz CT molecular complexity index is 566. The van der Waals surface area contributed by atoms with Gasteiger partial charge in [-0.15, -0.1) is 11.8 Å². The van der Waals surface area contributed by atoms with Gasteiger partial charge in [-0.25, -0.2) is 9.59 Å². The number of urea groups is 1. The molecule has 2 atom stereocenters. The highest BCUT2D eigenvalue weighted by atomic mass is 32.2. The minimum atomic E-state index is -0.956. The van der Waals surface area contributed by atoms with E-state index in [1.54, 1.807) is 0 Å². The summed E-state index contributed by atoms with van der Waals surface area (Å²) in [5.74, 6) is 0.669. The zero-order valence-corrected chi connectivity index (χ0v) is 12.1. The van der Waals surface area contributed by atoms with Gasteiger partial charge in [0.05, 0.1) is 18.5 Å². The number of thioether (sulfide) groups is 1. The van der Waals surface area contributed by atoms with E-state index in [1.165, 1.54) is 16.7 Å². The van der Waals surface area contributed by atoms with Gasteiger partial charge < -0.3 is 20.1 Å². The molecule has 1 fully saturated rings. The van der Waals surface area contributed by atoms with Crippen LogP contribution in [0.25, 0.3) is 0 Å². The Balaban J connectivity index is 1.73. The zero-order chi connectivity index (χ0) is 14.8. The van der Waals surface area contributed by atoms with Gasteiger partial charge in [-0.3, -0.25) is 0 Å². The number of aliphatic carboxylic acids is 1. The van der Waals surface area contributed by atoms with Crippen LogP contribution in [0.2, 0.25) is 0 Å². The molecule has 112 valence electrons. The van der Waals surface area contributed by atoms with Crippen molar-refractivity contribution in [2.75, 3.05) is 18.2 Å². The van der Waals surface area contributed by atoms with Crippen molar-refractivity contribution >= 4 is 23.8 Å². The number of fused-ring (bicyclic) bond motifs is 1. The summed E-state index contributed by atoms with van der Waals surface area (Å²) >= 11 is 1.45. The molecule has 2 N–H and O–H groups in total. The van der Waals surface area contributed by atoms with E-state index in [-0.39, 0.29) is 12.1 Å². The average Bonchev–Trinajstić information content (AvgIpc) is 2.97. The third-order valence-corrected chi connectivity index (χ3v) is 4.70. The van der Waals surface area contributed by atoms with Gasteiger partial charge in [0.2, 0.25) is 0 Å². The summed E-state index contributed by atoms with van der Waals surface area (Å²) in [7, 11) is 0. The predicted molar refractivity (Wildman–Crippen MR) is 78.4 cm³/mol. The number of nitrogens with zero attached hydrogens (tertiary/aromatic N) is 1. The van der Waals surface area contributed by atoms with Crippen LogP contribution in [0.4, 0.5) is 4.79 Å². The molecule has 0 aliphatic carbocycles. The molecule has 0 aromatic heterocycles. The predicted octanol–water partition coefficient (Wildman–Crippen LogP) is 1.68. The minimum Gasteiger partial charge on any atom is -0.493 e. The van der Waals surface area contributed by atoms with E-state index in [1.807, 2.05) is 24.3 Å². The number of carbonyl (C=O) groups is 2. The molecule has 3 rings (SSSR count). The molecule has 1 aromatic rings. The molecule has 2 aliphatic rings. The molecular weight excluding hydrogens is 292 g/mol. The van der Waals surface area contributed by atoms with Gasteiger partial charge in [0.1, 0.15) is 11.8 Å². The quantitative estimate of drug-likeness (QED) is 0.869. The van der Waals surface area contributed by atoms with Gasteiger partial charge in [0.15, 0.2) is 0 Å². The lowest BCUT2D eigenvalue weighted by molar-refractivity contribution is -0.140. The Morgan fingerprint density at radius 3 is 3.00 bits per heavy atom. The maximum Gasteiger partial charge on any atom is 0.327 e. The minimum absolute atomic E-state index is 0.137. The first-order valence-corrected chi connectivity index (χ1v) is 7.91. The van der Waals surface area contributed by atoms with Crippen molar-refractivity contribution < 1.29 is 19.4 Å². The van der Waals surface area contributed by atoms with E-state index in [0.29, 0.717) is 24.7 Å². The molecule has 2 aliphatic heterocycles. The number of nitrogens with one attached hydrogen (secondary N) is 1. The Labute approximate surface area is 126 Å². The van der Waals surface area contributed by atoms with Crippen LogP contribution in [-0.4, -0.2) is 46.3 Å². The molecule has 0 radical (unpaired) electrons. The first-order chi connectivity index (χ1) is 10.2. The second kappa shape index (κ2) is 5.85. The number of benzene rings is 1. The van der Waals surface area contributed by atoms with E-state index in [9.17, 15) is 9.59 Å². The number of rotatable bonds is 2. The number of hydrogen-bond donors (Lipinski definition) is 2. The molecule has 0 spiro atoms. The van der Waals surface area contributed by atoms with E-state index >= 15 is 0 Å². The molecule has 1 aromatic carbocycles. The molecular formula is C14H16N2O4S. The van der Waals surface area contributed by atoms with Crippen molar-refractivity contribution in [3.63, 3.8) is 0 Å². The van der Waals surface area contributed by atoms with E-state index < -0.39 is 12.0 Å². The van der Waals surface area contributed by atoms with E-state index in [4.69, 9.17) is 9.84 Å². The van der Waals surface area contributed by atoms with Crippen molar-refractivity contribution in [3.8, 4) is 5.75 Å². The van der Waals surface area contributed by atoms with Crippen LogP contribution in [0, 0.1) is 0 Å². The summed E-state index contributed by atoms with van der Waals surface area (Å²) in [4.78, 5) is 24.9. The van der Waals surface area contributed by atoms with Crippen LogP contribution in [-0.2, 0) is 4.79 Å². The lowest BCUT2D eigenvalue weighted by atomic mass is 10.0. The van der Waals surface area contributed by atoms with Gasteiger partial charge in [-0.2, -0.15) is 0 Å². The van der Waals surface area contributed by atoms with Crippen molar-refractivity contribution in [3.05, 3.63) is 29.8 Å². The molecule has 0 bridgehead atoms. The maximum absolute atomic E-state index is 12.3. The number of carboxylic acids is 1. The Morgan fingerprint density at radius 2 is 2.19 bits per heavy atom. The average molecular weight is 308 g/mol. The van der Waals surface area contributed by atoms with Gasteiger partial charge in [-0.05, 0) is 6.07 Å².